The third-order valence-corrected chi connectivity index (χ3v) is 3.06. The van der Waals surface area contributed by atoms with Crippen molar-refractivity contribution in [2.24, 2.45) is 5.92 Å². The van der Waals surface area contributed by atoms with Gasteiger partial charge in [-0.05, 0) is 18.8 Å². The zero-order valence-corrected chi connectivity index (χ0v) is 10.2. The quantitative estimate of drug-likeness (QED) is 0.625. The lowest BCUT2D eigenvalue weighted by atomic mass is 9.95. The average Bonchev–Trinajstić information content (AvgIpc) is 2.30. The van der Waals surface area contributed by atoms with Crippen molar-refractivity contribution in [1.29, 1.82) is 0 Å². The smallest absolute Gasteiger partial charge is 0.234 e. The van der Waals surface area contributed by atoms with Gasteiger partial charge in [0.2, 0.25) is 5.91 Å². The van der Waals surface area contributed by atoms with E-state index in [2.05, 4.69) is 10.6 Å². The molecule has 1 rings (SSSR count). The Hall–Kier alpha value is -0.610. The normalized spacial score (nSPS) is 19.4. The molecule has 94 valence electrons. The molecule has 0 heterocycles. The average molecular weight is 228 g/mol. The number of rotatable bonds is 6. The molecule has 1 unspecified atom stereocenters. The molecule has 3 N–H and O–H groups in total. The first-order valence-corrected chi connectivity index (χ1v) is 6.33. The van der Waals surface area contributed by atoms with Crippen molar-refractivity contribution in [3.63, 3.8) is 0 Å². The molecule has 1 aliphatic carbocycles. The Labute approximate surface area is 97.8 Å². The molecule has 1 atom stereocenters. The minimum Gasteiger partial charge on any atom is -0.396 e. The Morgan fingerprint density at radius 3 is 2.69 bits per heavy atom. The van der Waals surface area contributed by atoms with E-state index < -0.39 is 0 Å². The maximum absolute atomic E-state index is 11.5. The highest BCUT2D eigenvalue weighted by Gasteiger charge is 2.15. The van der Waals surface area contributed by atoms with Crippen LogP contribution >= 0.6 is 0 Å². The van der Waals surface area contributed by atoms with E-state index in [4.69, 9.17) is 5.11 Å². The van der Waals surface area contributed by atoms with Crippen LogP contribution < -0.4 is 10.6 Å². The van der Waals surface area contributed by atoms with Crippen LogP contribution in [0.15, 0.2) is 0 Å². The SMILES string of the molecule is CC(CO)CNCC(=O)NC1CCCCC1. The van der Waals surface area contributed by atoms with Crippen LogP contribution in [0.25, 0.3) is 0 Å². The zero-order valence-electron chi connectivity index (χ0n) is 10.2. The summed E-state index contributed by atoms with van der Waals surface area (Å²) < 4.78 is 0. The van der Waals surface area contributed by atoms with Crippen molar-refractivity contribution in [2.75, 3.05) is 19.7 Å². The van der Waals surface area contributed by atoms with Crippen LogP contribution in [0.2, 0.25) is 0 Å². The summed E-state index contributed by atoms with van der Waals surface area (Å²) in [7, 11) is 0. The lowest BCUT2D eigenvalue weighted by Gasteiger charge is -2.22. The number of carbonyl (C=O) groups excluding carboxylic acids is 1. The number of amides is 1. The van der Waals surface area contributed by atoms with Gasteiger partial charge in [0.05, 0.1) is 6.54 Å². The molecule has 1 amide bonds. The van der Waals surface area contributed by atoms with Gasteiger partial charge in [-0.25, -0.2) is 0 Å². The first-order chi connectivity index (χ1) is 7.72. The molecule has 0 aromatic carbocycles. The molecule has 0 bridgehead atoms. The van der Waals surface area contributed by atoms with Gasteiger partial charge in [0.25, 0.3) is 0 Å². The van der Waals surface area contributed by atoms with E-state index in [1.54, 1.807) is 0 Å². The number of hydrogen-bond acceptors (Lipinski definition) is 3. The molecule has 0 aromatic heterocycles. The Balaban J connectivity index is 2.05. The van der Waals surface area contributed by atoms with E-state index in [1.165, 1.54) is 19.3 Å². The Morgan fingerprint density at radius 2 is 2.06 bits per heavy atom. The van der Waals surface area contributed by atoms with E-state index in [1.807, 2.05) is 6.92 Å². The minimum atomic E-state index is 0.0806. The van der Waals surface area contributed by atoms with Gasteiger partial charge in [0.1, 0.15) is 0 Å². The maximum Gasteiger partial charge on any atom is 0.234 e. The first kappa shape index (κ1) is 13.5. The van der Waals surface area contributed by atoms with Crippen molar-refractivity contribution in [1.82, 2.24) is 10.6 Å². The number of hydrogen-bond donors (Lipinski definition) is 3. The second-order valence-corrected chi connectivity index (χ2v) is 4.82. The number of carbonyl (C=O) groups is 1. The van der Waals surface area contributed by atoms with Crippen molar-refractivity contribution < 1.29 is 9.90 Å². The predicted molar refractivity (Wildman–Crippen MR) is 64.1 cm³/mol. The molecule has 0 aliphatic heterocycles. The summed E-state index contributed by atoms with van der Waals surface area (Å²) in [5.41, 5.74) is 0. The monoisotopic (exact) mass is 228 g/mol. The third kappa shape index (κ3) is 5.47. The summed E-state index contributed by atoms with van der Waals surface area (Å²) in [6, 6.07) is 0.387. The molecule has 0 saturated heterocycles. The number of aliphatic hydroxyl groups is 1. The van der Waals surface area contributed by atoms with Gasteiger partial charge in [0, 0.05) is 19.2 Å². The summed E-state index contributed by atoms with van der Waals surface area (Å²) in [6.07, 6.45) is 6.02. The van der Waals surface area contributed by atoms with E-state index in [0.717, 1.165) is 12.8 Å². The van der Waals surface area contributed by atoms with Gasteiger partial charge in [-0.3, -0.25) is 4.79 Å². The molecule has 4 heteroatoms. The summed E-state index contributed by atoms with van der Waals surface area (Å²) in [4.78, 5) is 11.5. The highest BCUT2D eigenvalue weighted by molar-refractivity contribution is 5.78. The van der Waals surface area contributed by atoms with E-state index in [9.17, 15) is 4.79 Å². The van der Waals surface area contributed by atoms with Crippen LogP contribution in [-0.2, 0) is 4.79 Å². The molecule has 16 heavy (non-hydrogen) atoms. The molecule has 0 spiro atoms. The third-order valence-electron chi connectivity index (χ3n) is 3.06. The fraction of sp³-hybridized carbons (Fsp3) is 0.917. The maximum atomic E-state index is 11.5. The fourth-order valence-corrected chi connectivity index (χ4v) is 2.02. The van der Waals surface area contributed by atoms with E-state index in [0.29, 0.717) is 19.1 Å². The molecule has 1 saturated carbocycles. The van der Waals surface area contributed by atoms with Gasteiger partial charge >= 0.3 is 0 Å². The molecular weight excluding hydrogens is 204 g/mol. The fourth-order valence-electron chi connectivity index (χ4n) is 2.02. The van der Waals surface area contributed by atoms with Crippen LogP contribution in [0.5, 0.6) is 0 Å². The molecule has 1 fully saturated rings. The zero-order chi connectivity index (χ0) is 11.8. The summed E-state index contributed by atoms with van der Waals surface area (Å²) in [5.74, 6) is 0.291. The molecule has 4 nitrogen and oxygen atoms in total. The van der Waals surface area contributed by atoms with Crippen molar-refractivity contribution in [3.05, 3.63) is 0 Å². The van der Waals surface area contributed by atoms with Gasteiger partial charge in [-0.1, -0.05) is 26.2 Å². The second-order valence-electron chi connectivity index (χ2n) is 4.82. The highest BCUT2D eigenvalue weighted by atomic mass is 16.3. The largest absolute Gasteiger partial charge is 0.396 e. The Bertz CT molecular complexity index is 203. The topological polar surface area (TPSA) is 61.4 Å². The minimum absolute atomic E-state index is 0.0806. The summed E-state index contributed by atoms with van der Waals surface area (Å²) in [5, 5.41) is 14.9. The lowest BCUT2D eigenvalue weighted by molar-refractivity contribution is -0.121. The second kappa shape index (κ2) is 7.63. The van der Waals surface area contributed by atoms with Crippen LogP contribution in [-0.4, -0.2) is 36.8 Å². The van der Waals surface area contributed by atoms with Crippen LogP contribution in [0, 0.1) is 5.92 Å². The van der Waals surface area contributed by atoms with Crippen molar-refractivity contribution in [2.45, 2.75) is 45.1 Å². The predicted octanol–water partition coefficient (Wildman–Crippen LogP) is 0.653. The van der Waals surface area contributed by atoms with E-state index in [-0.39, 0.29) is 18.4 Å². The molecule has 0 aromatic rings. The van der Waals surface area contributed by atoms with E-state index >= 15 is 0 Å². The Kier molecular flexibility index (Phi) is 6.42. The Morgan fingerprint density at radius 1 is 1.38 bits per heavy atom. The van der Waals surface area contributed by atoms with Crippen LogP contribution in [0.1, 0.15) is 39.0 Å². The van der Waals surface area contributed by atoms with Crippen LogP contribution in [0.4, 0.5) is 0 Å². The first-order valence-electron chi connectivity index (χ1n) is 6.33. The molecular formula is C12H24N2O2. The van der Waals surface area contributed by atoms with Crippen molar-refractivity contribution >= 4 is 5.91 Å². The lowest BCUT2D eigenvalue weighted by Crippen LogP contribution is -2.42. The van der Waals surface area contributed by atoms with Gasteiger partial charge < -0.3 is 15.7 Å². The van der Waals surface area contributed by atoms with Crippen molar-refractivity contribution in [3.8, 4) is 0 Å². The van der Waals surface area contributed by atoms with Gasteiger partial charge in [0.15, 0.2) is 0 Å². The standard InChI is InChI=1S/C12H24N2O2/c1-10(9-15)7-13-8-12(16)14-11-5-3-2-4-6-11/h10-11,13,15H,2-9H2,1H3,(H,14,16). The van der Waals surface area contributed by atoms with Gasteiger partial charge in [-0.15, -0.1) is 0 Å². The van der Waals surface area contributed by atoms with Crippen LogP contribution in [0.3, 0.4) is 0 Å². The molecule has 0 radical (unpaired) electrons. The van der Waals surface area contributed by atoms with Gasteiger partial charge in [-0.2, -0.15) is 0 Å². The number of aliphatic hydroxyl groups excluding tert-OH is 1. The molecule has 1 aliphatic rings. The highest BCUT2D eigenvalue weighted by Crippen LogP contribution is 2.16. The summed E-state index contributed by atoms with van der Waals surface area (Å²) >= 11 is 0. The summed E-state index contributed by atoms with van der Waals surface area (Å²) in [6.45, 7) is 3.17. The number of nitrogens with one attached hydrogen (secondary N) is 2.